The van der Waals surface area contributed by atoms with Gasteiger partial charge in [0.2, 0.25) is 0 Å². The van der Waals surface area contributed by atoms with Crippen LogP contribution in [0.1, 0.15) is 25.7 Å². The highest BCUT2D eigenvalue weighted by Crippen LogP contribution is 2.36. The molecule has 1 aromatic rings. The maximum atomic E-state index is 9.82. The number of aliphatic hydroxyl groups excluding tert-OH is 1. The van der Waals surface area contributed by atoms with Crippen LogP contribution in [0.3, 0.4) is 0 Å². The van der Waals surface area contributed by atoms with Crippen molar-refractivity contribution in [1.82, 2.24) is 10.2 Å². The van der Waals surface area contributed by atoms with E-state index in [9.17, 15) is 5.11 Å². The molecule has 1 aliphatic rings. The van der Waals surface area contributed by atoms with Gasteiger partial charge in [-0.3, -0.25) is 0 Å². The van der Waals surface area contributed by atoms with Crippen molar-refractivity contribution in [2.45, 2.75) is 45.7 Å². The van der Waals surface area contributed by atoms with Crippen molar-refractivity contribution in [3.63, 3.8) is 0 Å². The molecule has 0 aliphatic heterocycles. The van der Waals surface area contributed by atoms with E-state index in [2.05, 4.69) is 10.2 Å². The van der Waals surface area contributed by atoms with E-state index in [1.54, 1.807) is 34.9 Å². The molecule has 2 unspecified atom stereocenters. The normalized spacial score (nSPS) is 26.8. The molecule has 1 saturated carbocycles. The van der Waals surface area contributed by atoms with Crippen LogP contribution in [0, 0.1) is 0 Å². The largest absolute Gasteiger partial charge is 0.392 e. The number of hydrogen-bond acceptors (Lipinski definition) is 6. The standard InChI is InChI=1S/C9H14N2OS3/c1-13-8-10-11-9(15-8)14-7-5-3-2-4-6(7)12/h6-7,12H,2-5H2,1H3. The zero-order valence-corrected chi connectivity index (χ0v) is 11.0. The Morgan fingerprint density at radius 1 is 1.27 bits per heavy atom. The molecule has 2 rings (SSSR count). The average molecular weight is 262 g/mol. The molecule has 0 bridgehead atoms. The minimum atomic E-state index is -0.162. The van der Waals surface area contributed by atoms with Gasteiger partial charge in [0.25, 0.3) is 0 Å². The topological polar surface area (TPSA) is 46.0 Å². The Morgan fingerprint density at radius 3 is 2.67 bits per heavy atom. The van der Waals surface area contributed by atoms with Gasteiger partial charge in [-0.25, -0.2) is 0 Å². The van der Waals surface area contributed by atoms with Crippen LogP contribution in [0.5, 0.6) is 0 Å². The zero-order chi connectivity index (χ0) is 10.7. The van der Waals surface area contributed by atoms with Crippen LogP contribution in [0.2, 0.25) is 0 Å². The van der Waals surface area contributed by atoms with Gasteiger partial charge in [-0.1, -0.05) is 47.7 Å². The molecule has 1 fully saturated rings. The summed E-state index contributed by atoms with van der Waals surface area (Å²) >= 11 is 4.93. The third kappa shape index (κ3) is 3.09. The number of aromatic nitrogens is 2. The van der Waals surface area contributed by atoms with E-state index in [1.807, 2.05) is 6.26 Å². The van der Waals surface area contributed by atoms with Crippen molar-refractivity contribution in [3.8, 4) is 0 Å². The second-order valence-electron chi connectivity index (χ2n) is 3.55. The maximum absolute atomic E-state index is 9.82. The fourth-order valence-corrected chi connectivity index (χ4v) is 4.56. The van der Waals surface area contributed by atoms with E-state index < -0.39 is 0 Å². The second-order valence-corrected chi connectivity index (χ2v) is 7.06. The van der Waals surface area contributed by atoms with Crippen molar-refractivity contribution < 1.29 is 5.11 Å². The van der Waals surface area contributed by atoms with Gasteiger partial charge in [-0.15, -0.1) is 10.2 Å². The van der Waals surface area contributed by atoms with Gasteiger partial charge in [-0.2, -0.15) is 0 Å². The molecule has 15 heavy (non-hydrogen) atoms. The summed E-state index contributed by atoms with van der Waals surface area (Å²) in [5.74, 6) is 0. The van der Waals surface area contributed by atoms with Crippen molar-refractivity contribution >= 4 is 34.9 Å². The molecule has 1 aliphatic carbocycles. The molecule has 1 N–H and O–H groups in total. The molecule has 0 saturated heterocycles. The summed E-state index contributed by atoms with van der Waals surface area (Å²) in [6, 6.07) is 0. The number of nitrogens with zero attached hydrogens (tertiary/aromatic N) is 2. The first-order valence-corrected chi connectivity index (χ1v) is 7.94. The molecule has 84 valence electrons. The summed E-state index contributed by atoms with van der Waals surface area (Å²) in [7, 11) is 0. The predicted octanol–water partition coefficient (Wildman–Crippen LogP) is 2.66. The molecule has 0 spiro atoms. The molecule has 2 atom stereocenters. The molecular weight excluding hydrogens is 248 g/mol. The van der Waals surface area contributed by atoms with E-state index in [-0.39, 0.29) is 6.10 Å². The van der Waals surface area contributed by atoms with Crippen molar-refractivity contribution in [3.05, 3.63) is 0 Å². The van der Waals surface area contributed by atoms with Gasteiger partial charge in [-0.05, 0) is 19.1 Å². The van der Waals surface area contributed by atoms with Crippen molar-refractivity contribution in [2.24, 2.45) is 0 Å². The van der Waals surface area contributed by atoms with E-state index in [0.29, 0.717) is 5.25 Å². The van der Waals surface area contributed by atoms with Crippen molar-refractivity contribution in [1.29, 1.82) is 0 Å². The Bertz CT molecular complexity index is 318. The lowest BCUT2D eigenvalue weighted by molar-refractivity contribution is 0.137. The van der Waals surface area contributed by atoms with Gasteiger partial charge in [0.1, 0.15) is 0 Å². The molecule has 0 radical (unpaired) electrons. The van der Waals surface area contributed by atoms with Gasteiger partial charge < -0.3 is 5.11 Å². The Balaban J connectivity index is 1.95. The fourth-order valence-electron chi connectivity index (χ4n) is 1.67. The molecule has 0 amide bonds. The van der Waals surface area contributed by atoms with Crippen LogP contribution in [0.4, 0.5) is 0 Å². The van der Waals surface area contributed by atoms with Gasteiger partial charge in [0.15, 0.2) is 8.68 Å². The highest BCUT2D eigenvalue weighted by atomic mass is 32.2. The molecule has 1 heterocycles. The number of thioether (sulfide) groups is 2. The Hall–Kier alpha value is 0.220. The van der Waals surface area contributed by atoms with Crippen LogP contribution >= 0.6 is 34.9 Å². The van der Waals surface area contributed by atoms with Gasteiger partial charge in [0, 0.05) is 5.25 Å². The lowest BCUT2D eigenvalue weighted by Crippen LogP contribution is -2.26. The van der Waals surface area contributed by atoms with Crippen LogP contribution in [-0.2, 0) is 0 Å². The molecular formula is C9H14N2OS3. The summed E-state index contributed by atoms with van der Waals surface area (Å²) in [5, 5.41) is 18.3. The smallest absolute Gasteiger partial charge is 0.175 e. The Morgan fingerprint density at radius 2 is 2.00 bits per heavy atom. The summed E-state index contributed by atoms with van der Waals surface area (Å²) < 4.78 is 1.99. The van der Waals surface area contributed by atoms with Crippen LogP contribution in [0.15, 0.2) is 8.68 Å². The predicted molar refractivity (Wildman–Crippen MR) is 65.8 cm³/mol. The number of hydrogen-bond donors (Lipinski definition) is 1. The third-order valence-corrected chi connectivity index (χ3v) is 5.85. The van der Waals surface area contributed by atoms with Crippen LogP contribution < -0.4 is 0 Å². The van der Waals surface area contributed by atoms with Gasteiger partial charge >= 0.3 is 0 Å². The van der Waals surface area contributed by atoms with Crippen LogP contribution in [-0.4, -0.2) is 32.9 Å². The molecule has 0 aromatic carbocycles. The second kappa shape index (κ2) is 5.52. The van der Waals surface area contributed by atoms with E-state index >= 15 is 0 Å². The highest BCUT2D eigenvalue weighted by molar-refractivity contribution is 8.03. The lowest BCUT2D eigenvalue weighted by Gasteiger charge is -2.25. The third-order valence-electron chi connectivity index (χ3n) is 2.48. The number of aliphatic hydroxyl groups is 1. The molecule has 1 aromatic heterocycles. The Labute approximate surface area is 102 Å². The maximum Gasteiger partial charge on any atom is 0.175 e. The summed E-state index contributed by atoms with van der Waals surface area (Å²) in [4.78, 5) is 0. The number of rotatable bonds is 3. The van der Waals surface area contributed by atoms with Crippen molar-refractivity contribution in [2.75, 3.05) is 6.26 Å². The SMILES string of the molecule is CSc1nnc(SC2CCCCC2O)s1. The van der Waals surface area contributed by atoms with E-state index in [4.69, 9.17) is 0 Å². The fraction of sp³-hybridized carbons (Fsp3) is 0.778. The van der Waals surface area contributed by atoms with E-state index in [0.717, 1.165) is 27.9 Å². The monoisotopic (exact) mass is 262 g/mol. The van der Waals surface area contributed by atoms with Gasteiger partial charge in [0.05, 0.1) is 6.10 Å². The zero-order valence-electron chi connectivity index (χ0n) is 8.55. The molecule has 6 heteroatoms. The lowest BCUT2D eigenvalue weighted by atomic mass is 9.97. The first-order chi connectivity index (χ1) is 7.29. The average Bonchev–Trinajstić information content (AvgIpc) is 2.69. The minimum absolute atomic E-state index is 0.162. The van der Waals surface area contributed by atoms with E-state index in [1.165, 1.54) is 6.42 Å². The first kappa shape index (κ1) is 11.7. The quantitative estimate of drug-likeness (QED) is 0.849. The van der Waals surface area contributed by atoms with Crippen LogP contribution in [0.25, 0.3) is 0 Å². The highest BCUT2D eigenvalue weighted by Gasteiger charge is 2.25. The molecule has 3 nitrogen and oxygen atoms in total. The summed E-state index contributed by atoms with van der Waals surface area (Å²) in [6.07, 6.45) is 6.26. The summed E-state index contributed by atoms with van der Waals surface area (Å²) in [5.41, 5.74) is 0. The first-order valence-electron chi connectivity index (χ1n) is 5.02. The summed E-state index contributed by atoms with van der Waals surface area (Å²) in [6.45, 7) is 0. The minimum Gasteiger partial charge on any atom is -0.392 e. The Kier molecular flexibility index (Phi) is 4.30.